The Morgan fingerprint density at radius 1 is 1.39 bits per heavy atom. The lowest BCUT2D eigenvalue weighted by atomic mass is 10.3. The highest BCUT2D eigenvalue weighted by Gasteiger charge is 2.12. The van der Waals surface area contributed by atoms with Crippen molar-refractivity contribution in [3.8, 4) is 11.4 Å². The molecule has 0 amide bonds. The summed E-state index contributed by atoms with van der Waals surface area (Å²) in [4.78, 5) is 36.2. The SMILES string of the molecule is Cn1c(NCC(=O)c2ccco2)nc(-c2ccncn2)cc1=O.[HH]. The third kappa shape index (κ3) is 3.15. The van der Waals surface area contributed by atoms with Gasteiger partial charge in [-0.1, -0.05) is 0 Å². The van der Waals surface area contributed by atoms with Crippen LogP contribution in [-0.2, 0) is 7.05 Å². The number of nitrogens with zero attached hydrogens (tertiary/aromatic N) is 4. The number of ketones is 1. The van der Waals surface area contributed by atoms with E-state index >= 15 is 0 Å². The van der Waals surface area contributed by atoms with Crippen LogP contribution in [0.2, 0.25) is 0 Å². The van der Waals surface area contributed by atoms with Crippen molar-refractivity contribution in [1.29, 1.82) is 0 Å². The summed E-state index contributed by atoms with van der Waals surface area (Å²) in [6.07, 6.45) is 4.37. The summed E-state index contributed by atoms with van der Waals surface area (Å²) in [5.74, 6) is 0.275. The second-order valence-corrected chi connectivity index (χ2v) is 4.71. The van der Waals surface area contributed by atoms with Crippen molar-refractivity contribution >= 4 is 11.7 Å². The molecule has 8 nitrogen and oxygen atoms in total. The monoisotopic (exact) mass is 313 g/mol. The van der Waals surface area contributed by atoms with Crippen LogP contribution in [0.4, 0.5) is 5.95 Å². The highest BCUT2D eigenvalue weighted by atomic mass is 16.3. The first-order valence-corrected chi connectivity index (χ1v) is 6.80. The Balaban J connectivity index is 0.00000208. The molecule has 118 valence electrons. The smallest absolute Gasteiger partial charge is 0.255 e. The van der Waals surface area contributed by atoms with Crippen molar-refractivity contribution in [3.63, 3.8) is 0 Å². The maximum absolute atomic E-state index is 12.0. The normalized spacial score (nSPS) is 10.5. The minimum absolute atomic E-state index is 0. The second-order valence-electron chi connectivity index (χ2n) is 4.71. The molecule has 0 spiro atoms. The predicted octanol–water partition coefficient (Wildman–Crippen LogP) is 1.37. The van der Waals surface area contributed by atoms with Crippen LogP contribution >= 0.6 is 0 Å². The molecular formula is C15H15N5O3. The molecule has 0 unspecified atom stereocenters. The molecule has 3 heterocycles. The van der Waals surface area contributed by atoms with Crippen molar-refractivity contribution in [2.45, 2.75) is 0 Å². The topological polar surface area (TPSA) is 103 Å². The number of anilines is 1. The average molecular weight is 313 g/mol. The summed E-state index contributed by atoms with van der Waals surface area (Å²) < 4.78 is 6.35. The lowest BCUT2D eigenvalue weighted by Gasteiger charge is -2.10. The molecule has 0 aliphatic heterocycles. The molecule has 3 aromatic heterocycles. The standard InChI is InChI=1S/C15H13N5O3.H2/c1-20-14(22)7-11(10-4-5-16-9-18-10)19-15(20)17-8-12(21)13-3-2-6-23-13;/h2-7,9H,8H2,1H3,(H,17,19);1H. The summed E-state index contributed by atoms with van der Waals surface area (Å²) in [6.45, 7) is -0.0407. The summed E-state index contributed by atoms with van der Waals surface area (Å²) in [6, 6.07) is 6.24. The molecule has 0 aromatic carbocycles. The highest BCUT2D eigenvalue weighted by molar-refractivity contribution is 5.96. The summed E-state index contributed by atoms with van der Waals surface area (Å²) in [5, 5.41) is 2.85. The van der Waals surface area contributed by atoms with Gasteiger partial charge in [0.1, 0.15) is 6.33 Å². The van der Waals surface area contributed by atoms with Crippen molar-refractivity contribution in [3.05, 3.63) is 59.2 Å². The van der Waals surface area contributed by atoms with Gasteiger partial charge in [0.2, 0.25) is 11.7 Å². The summed E-state index contributed by atoms with van der Waals surface area (Å²) >= 11 is 0. The molecule has 0 saturated carbocycles. The zero-order valence-electron chi connectivity index (χ0n) is 12.3. The Bertz CT molecular complexity index is 878. The van der Waals surface area contributed by atoms with Crippen LogP contribution in [0.25, 0.3) is 11.4 Å². The van der Waals surface area contributed by atoms with Crippen molar-refractivity contribution < 1.29 is 10.6 Å². The van der Waals surface area contributed by atoms with Gasteiger partial charge in [0.15, 0.2) is 5.76 Å². The molecule has 3 aromatic rings. The molecule has 23 heavy (non-hydrogen) atoms. The van der Waals surface area contributed by atoms with Crippen LogP contribution in [0.1, 0.15) is 12.0 Å². The maximum Gasteiger partial charge on any atom is 0.255 e. The van der Waals surface area contributed by atoms with Crippen LogP contribution in [0, 0.1) is 0 Å². The number of aromatic nitrogens is 4. The maximum atomic E-state index is 12.0. The highest BCUT2D eigenvalue weighted by Crippen LogP contribution is 2.13. The number of rotatable bonds is 5. The third-order valence-corrected chi connectivity index (χ3v) is 3.18. The molecule has 1 N–H and O–H groups in total. The second kappa shape index (κ2) is 6.22. The van der Waals surface area contributed by atoms with Crippen molar-refractivity contribution in [2.75, 3.05) is 11.9 Å². The largest absolute Gasteiger partial charge is 0.461 e. The van der Waals surface area contributed by atoms with Crippen LogP contribution in [0.15, 0.2) is 52.3 Å². The molecule has 0 fully saturated rings. The van der Waals surface area contributed by atoms with Gasteiger partial charge in [-0.2, -0.15) is 0 Å². The Morgan fingerprint density at radius 3 is 2.96 bits per heavy atom. The van der Waals surface area contributed by atoms with Gasteiger partial charge in [0, 0.05) is 20.7 Å². The number of nitrogens with one attached hydrogen (secondary N) is 1. The zero-order chi connectivity index (χ0) is 16.2. The molecule has 0 bridgehead atoms. The quantitative estimate of drug-likeness (QED) is 0.709. The number of furan rings is 1. The van der Waals surface area contributed by atoms with E-state index < -0.39 is 0 Å². The van der Waals surface area contributed by atoms with Gasteiger partial charge in [-0.05, 0) is 18.2 Å². The van der Waals surface area contributed by atoms with E-state index in [2.05, 4.69) is 20.3 Å². The lowest BCUT2D eigenvalue weighted by Crippen LogP contribution is -2.24. The van der Waals surface area contributed by atoms with Gasteiger partial charge in [0.25, 0.3) is 5.56 Å². The van der Waals surface area contributed by atoms with Crippen molar-refractivity contribution in [1.82, 2.24) is 19.5 Å². The van der Waals surface area contributed by atoms with E-state index in [-0.39, 0.29) is 31.0 Å². The molecule has 0 aliphatic carbocycles. The van der Waals surface area contributed by atoms with Gasteiger partial charge < -0.3 is 9.73 Å². The fourth-order valence-electron chi connectivity index (χ4n) is 1.95. The van der Waals surface area contributed by atoms with E-state index in [1.165, 1.54) is 23.2 Å². The molecule has 0 saturated heterocycles. The first-order valence-electron chi connectivity index (χ1n) is 6.80. The van der Waals surface area contributed by atoms with E-state index in [0.717, 1.165) is 0 Å². The Morgan fingerprint density at radius 2 is 2.26 bits per heavy atom. The number of hydrogen-bond acceptors (Lipinski definition) is 7. The summed E-state index contributed by atoms with van der Waals surface area (Å²) in [7, 11) is 1.57. The van der Waals surface area contributed by atoms with E-state index in [4.69, 9.17) is 4.42 Å². The lowest BCUT2D eigenvalue weighted by molar-refractivity contribution is 0.0979. The molecular weight excluding hydrogens is 298 g/mol. The first kappa shape index (κ1) is 14.6. The van der Waals surface area contributed by atoms with Crippen LogP contribution < -0.4 is 10.9 Å². The Kier molecular flexibility index (Phi) is 3.96. The van der Waals surface area contributed by atoms with Crippen LogP contribution in [-0.4, -0.2) is 31.8 Å². The molecule has 0 radical (unpaired) electrons. The molecule has 3 rings (SSSR count). The molecule has 8 heteroatoms. The predicted molar refractivity (Wildman–Crippen MR) is 84.1 cm³/mol. The van der Waals surface area contributed by atoms with E-state index in [0.29, 0.717) is 11.4 Å². The van der Waals surface area contributed by atoms with Crippen molar-refractivity contribution in [2.24, 2.45) is 7.05 Å². The summed E-state index contributed by atoms with van der Waals surface area (Å²) in [5.41, 5.74) is 0.670. The Hall–Kier alpha value is -3.29. The fraction of sp³-hybridized carbons (Fsp3) is 0.133. The van der Waals surface area contributed by atoms with Gasteiger partial charge >= 0.3 is 0 Å². The third-order valence-electron chi connectivity index (χ3n) is 3.18. The minimum Gasteiger partial charge on any atom is -0.461 e. The Labute approximate surface area is 132 Å². The number of carbonyl (C=O) groups is 1. The zero-order valence-corrected chi connectivity index (χ0v) is 12.3. The number of hydrogen-bond donors (Lipinski definition) is 1. The average Bonchev–Trinajstić information content (AvgIpc) is 3.11. The molecule has 0 aliphatic rings. The fourth-order valence-corrected chi connectivity index (χ4v) is 1.95. The van der Waals surface area contributed by atoms with E-state index in [9.17, 15) is 9.59 Å². The number of Topliss-reactive ketones (excluding diaryl/α,β-unsaturated/α-hetero) is 1. The van der Waals surface area contributed by atoms with Gasteiger partial charge in [-0.3, -0.25) is 14.2 Å². The van der Waals surface area contributed by atoms with Crippen LogP contribution in [0.3, 0.4) is 0 Å². The van der Waals surface area contributed by atoms with E-state index in [1.807, 2.05) is 0 Å². The van der Waals surface area contributed by atoms with E-state index in [1.54, 1.807) is 31.4 Å². The van der Waals surface area contributed by atoms with Gasteiger partial charge in [0.05, 0.1) is 24.2 Å². The van der Waals surface area contributed by atoms with Gasteiger partial charge in [-0.15, -0.1) is 0 Å². The molecule has 0 atom stereocenters. The number of carbonyl (C=O) groups excluding carboxylic acids is 1. The van der Waals surface area contributed by atoms with Gasteiger partial charge in [-0.25, -0.2) is 15.0 Å². The minimum atomic E-state index is -0.262. The van der Waals surface area contributed by atoms with Crippen LogP contribution in [0.5, 0.6) is 0 Å². The first-order chi connectivity index (χ1) is 11.1.